The number of carbonyl (C=O) groups excluding carboxylic acids is 1. The molecule has 0 fully saturated rings. The number of alkyl halides is 2. The van der Waals surface area contributed by atoms with Gasteiger partial charge in [0.2, 0.25) is 5.91 Å². The molecule has 76 valence electrons. The largest absolute Gasteiger partial charge is 0.350 e. The SMILES string of the molecule is Cc1ccc(CNC(=O)C(Br)Br)cc1. The maximum Gasteiger partial charge on any atom is 0.244 e. The molecule has 4 heteroatoms. The summed E-state index contributed by atoms with van der Waals surface area (Å²) in [6, 6.07) is 8.07. The van der Waals surface area contributed by atoms with Gasteiger partial charge in [-0.2, -0.15) is 0 Å². The third-order valence-electron chi connectivity index (χ3n) is 1.79. The lowest BCUT2D eigenvalue weighted by atomic mass is 10.1. The second kappa shape index (κ2) is 5.51. The van der Waals surface area contributed by atoms with E-state index in [2.05, 4.69) is 37.2 Å². The fourth-order valence-electron chi connectivity index (χ4n) is 0.972. The van der Waals surface area contributed by atoms with Gasteiger partial charge in [-0.3, -0.25) is 4.79 Å². The zero-order valence-electron chi connectivity index (χ0n) is 7.76. The highest BCUT2D eigenvalue weighted by Crippen LogP contribution is 2.08. The van der Waals surface area contributed by atoms with Crippen molar-refractivity contribution in [3.05, 3.63) is 35.4 Å². The first-order chi connectivity index (χ1) is 6.59. The van der Waals surface area contributed by atoms with E-state index in [1.54, 1.807) is 0 Å². The van der Waals surface area contributed by atoms with Crippen LogP contribution in [-0.2, 0) is 11.3 Å². The molecule has 0 heterocycles. The molecule has 1 N–H and O–H groups in total. The second-order valence-corrected chi connectivity index (χ2v) is 6.06. The van der Waals surface area contributed by atoms with Gasteiger partial charge in [0.25, 0.3) is 0 Å². The Morgan fingerprint density at radius 1 is 1.36 bits per heavy atom. The van der Waals surface area contributed by atoms with Crippen LogP contribution >= 0.6 is 31.9 Å². The van der Waals surface area contributed by atoms with Crippen molar-refractivity contribution in [3.8, 4) is 0 Å². The number of hydrogen-bond donors (Lipinski definition) is 1. The first-order valence-corrected chi connectivity index (χ1v) is 6.04. The number of hydrogen-bond acceptors (Lipinski definition) is 1. The highest BCUT2D eigenvalue weighted by molar-refractivity contribution is 9.25. The molecule has 14 heavy (non-hydrogen) atoms. The zero-order chi connectivity index (χ0) is 10.6. The molecule has 0 unspecified atom stereocenters. The Morgan fingerprint density at radius 3 is 2.43 bits per heavy atom. The van der Waals surface area contributed by atoms with Crippen molar-refractivity contribution in [2.24, 2.45) is 0 Å². The predicted molar refractivity (Wildman–Crippen MR) is 64.7 cm³/mol. The summed E-state index contributed by atoms with van der Waals surface area (Å²) < 4.78 is -0.319. The predicted octanol–water partition coefficient (Wildman–Crippen LogP) is 2.73. The molecule has 0 aliphatic carbocycles. The van der Waals surface area contributed by atoms with Crippen LogP contribution in [0.2, 0.25) is 0 Å². The van der Waals surface area contributed by atoms with Gasteiger partial charge in [-0.15, -0.1) is 0 Å². The van der Waals surface area contributed by atoms with Crippen molar-refractivity contribution in [2.45, 2.75) is 17.2 Å². The molecule has 0 spiro atoms. The van der Waals surface area contributed by atoms with Crippen LogP contribution in [0.15, 0.2) is 24.3 Å². The van der Waals surface area contributed by atoms with Gasteiger partial charge in [-0.1, -0.05) is 61.7 Å². The van der Waals surface area contributed by atoms with Crippen LogP contribution in [0.5, 0.6) is 0 Å². The number of halogens is 2. The average Bonchev–Trinajstić information content (AvgIpc) is 2.16. The maximum absolute atomic E-state index is 11.2. The van der Waals surface area contributed by atoms with Crippen molar-refractivity contribution in [3.63, 3.8) is 0 Å². The Hall–Kier alpha value is -0.350. The van der Waals surface area contributed by atoms with E-state index in [1.807, 2.05) is 31.2 Å². The second-order valence-electron chi connectivity index (χ2n) is 3.00. The van der Waals surface area contributed by atoms with Crippen molar-refractivity contribution >= 4 is 37.8 Å². The van der Waals surface area contributed by atoms with E-state index in [0.717, 1.165) is 5.56 Å². The molecule has 1 aromatic carbocycles. The molecule has 0 aliphatic rings. The lowest BCUT2D eigenvalue weighted by molar-refractivity contribution is -0.119. The van der Waals surface area contributed by atoms with Crippen molar-refractivity contribution in [1.82, 2.24) is 5.32 Å². The fraction of sp³-hybridized carbons (Fsp3) is 0.300. The standard InChI is InChI=1S/C10H11Br2NO/c1-7-2-4-8(5-3-7)6-13-10(14)9(11)12/h2-5,9H,6H2,1H3,(H,13,14). The zero-order valence-corrected chi connectivity index (χ0v) is 10.9. The average molecular weight is 321 g/mol. The summed E-state index contributed by atoms with van der Waals surface area (Å²) in [6.07, 6.45) is 0. The Labute approximate surface area is 100 Å². The number of benzene rings is 1. The molecule has 0 atom stereocenters. The van der Waals surface area contributed by atoms with E-state index in [4.69, 9.17) is 0 Å². The summed E-state index contributed by atoms with van der Waals surface area (Å²) in [4.78, 5) is 11.2. The molecule has 0 saturated carbocycles. The van der Waals surface area contributed by atoms with Gasteiger partial charge in [0, 0.05) is 6.54 Å². The van der Waals surface area contributed by atoms with Crippen LogP contribution < -0.4 is 5.32 Å². The van der Waals surface area contributed by atoms with E-state index in [9.17, 15) is 4.79 Å². The topological polar surface area (TPSA) is 29.1 Å². The molecular weight excluding hydrogens is 310 g/mol. The van der Waals surface area contributed by atoms with Gasteiger partial charge in [0.1, 0.15) is 3.74 Å². The number of aryl methyl sites for hydroxylation is 1. The quantitative estimate of drug-likeness (QED) is 0.852. The number of rotatable bonds is 3. The smallest absolute Gasteiger partial charge is 0.244 e. The number of carbonyl (C=O) groups is 1. The summed E-state index contributed by atoms with van der Waals surface area (Å²) in [5.41, 5.74) is 2.32. The van der Waals surface area contributed by atoms with E-state index < -0.39 is 0 Å². The third kappa shape index (κ3) is 3.80. The van der Waals surface area contributed by atoms with Gasteiger partial charge in [0.15, 0.2) is 0 Å². The molecule has 1 aromatic rings. The molecule has 0 bridgehead atoms. The lowest BCUT2D eigenvalue weighted by Gasteiger charge is -2.05. The van der Waals surface area contributed by atoms with Gasteiger partial charge in [-0.25, -0.2) is 0 Å². The van der Waals surface area contributed by atoms with Gasteiger partial charge in [0.05, 0.1) is 0 Å². The van der Waals surface area contributed by atoms with E-state index in [1.165, 1.54) is 5.56 Å². The number of nitrogens with one attached hydrogen (secondary N) is 1. The Morgan fingerprint density at radius 2 is 1.93 bits per heavy atom. The number of amides is 1. The molecule has 0 saturated heterocycles. The van der Waals surface area contributed by atoms with Crippen LogP contribution in [0, 0.1) is 6.92 Å². The van der Waals surface area contributed by atoms with Gasteiger partial charge >= 0.3 is 0 Å². The van der Waals surface area contributed by atoms with Crippen molar-refractivity contribution < 1.29 is 4.79 Å². The molecular formula is C10H11Br2NO. The molecule has 2 nitrogen and oxygen atoms in total. The van der Waals surface area contributed by atoms with Gasteiger partial charge in [-0.05, 0) is 12.5 Å². The minimum Gasteiger partial charge on any atom is -0.350 e. The first kappa shape index (κ1) is 11.7. The summed E-state index contributed by atoms with van der Waals surface area (Å²) >= 11 is 6.26. The first-order valence-electron chi connectivity index (χ1n) is 4.21. The lowest BCUT2D eigenvalue weighted by Crippen LogP contribution is -2.27. The summed E-state index contributed by atoms with van der Waals surface area (Å²) in [7, 11) is 0. The molecule has 1 rings (SSSR count). The highest BCUT2D eigenvalue weighted by atomic mass is 79.9. The summed E-state index contributed by atoms with van der Waals surface area (Å²) in [5.74, 6) is -0.0643. The Balaban J connectivity index is 2.46. The summed E-state index contributed by atoms with van der Waals surface area (Å²) in [6.45, 7) is 2.60. The maximum atomic E-state index is 11.2. The van der Waals surface area contributed by atoms with Gasteiger partial charge < -0.3 is 5.32 Å². The highest BCUT2D eigenvalue weighted by Gasteiger charge is 2.08. The van der Waals surface area contributed by atoms with E-state index >= 15 is 0 Å². The van der Waals surface area contributed by atoms with Crippen LogP contribution in [0.4, 0.5) is 0 Å². The Bertz CT molecular complexity index is 308. The van der Waals surface area contributed by atoms with Crippen LogP contribution in [0.1, 0.15) is 11.1 Å². The Kier molecular flexibility index (Phi) is 4.62. The van der Waals surface area contributed by atoms with Crippen molar-refractivity contribution in [2.75, 3.05) is 0 Å². The molecule has 0 radical (unpaired) electrons. The van der Waals surface area contributed by atoms with Crippen LogP contribution in [0.3, 0.4) is 0 Å². The van der Waals surface area contributed by atoms with E-state index in [0.29, 0.717) is 6.54 Å². The van der Waals surface area contributed by atoms with E-state index in [-0.39, 0.29) is 9.64 Å². The summed E-state index contributed by atoms with van der Waals surface area (Å²) in [5, 5.41) is 2.79. The molecule has 0 aliphatic heterocycles. The minimum absolute atomic E-state index is 0.0643. The van der Waals surface area contributed by atoms with Crippen molar-refractivity contribution in [1.29, 1.82) is 0 Å². The van der Waals surface area contributed by atoms with Crippen LogP contribution in [-0.4, -0.2) is 9.64 Å². The van der Waals surface area contributed by atoms with Crippen LogP contribution in [0.25, 0.3) is 0 Å². The normalized spacial score (nSPS) is 10.3. The molecule has 0 aromatic heterocycles. The minimum atomic E-state index is -0.319. The monoisotopic (exact) mass is 319 g/mol. The fourth-order valence-corrected chi connectivity index (χ4v) is 1.30. The third-order valence-corrected chi connectivity index (χ3v) is 2.62. The molecule has 1 amide bonds.